The predicted octanol–water partition coefficient (Wildman–Crippen LogP) is 0.501. The van der Waals surface area contributed by atoms with Crippen LogP contribution in [0.4, 0.5) is 0 Å². The highest BCUT2D eigenvalue weighted by Gasteiger charge is 2.36. The van der Waals surface area contributed by atoms with Crippen LogP contribution in [0.2, 0.25) is 0 Å². The average molecular weight is 275 g/mol. The van der Waals surface area contributed by atoms with Crippen LogP contribution in [0.5, 0.6) is 0 Å². The molecule has 1 atom stereocenters. The van der Waals surface area contributed by atoms with Crippen LogP contribution < -0.4 is 0 Å². The summed E-state index contributed by atoms with van der Waals surface area (Å²) in [5.74, 6) is -1.86. The normalized spacial score (nSPS) is 19.6. The number of hydrogen-bond acceptors (Lipinski definition) is 6. The summed E-state index contributed by atoms with van der Waals surface area (Å²) in [4.78, 5) is 26.5. The van der Waals surface area contributed by atoms with Crippen LogP contribution in [0.25, 0.3) is 0 Å². The lowest BCUT2D eigenvalue weighted by Gasteiger charge is -2.16. The second-order valence-corrected chi connectivity index (χ2v) is 4.36. The number of hydrogen-bond donors (Lipinski definition) is 1. The van der Waals surface area contributed by atoms with E-state index < -0.39 is 24.8 Å². The summed E-state index contributed by atoms with van der Waals surface area (Å²) in [6.07, 6.45) is 0.972. The average Bonchev–Trinajstić information content (AvgIpc) is 2.83. The Morgan fingerprint density at radius 3 is 2.84 bits per heavy atom. The second kappa shape index (κ2) is 6.76. The van der Waals surface area contributed by atoms with E-state index in [-0.39, 0.29) is 10.9 Å². The first kappa shape index (κ1) is 15.0. The summed E-state index contributed by atoms with van der Waals surface area (Å²) >= 11 is 0. The molecule has 1 saturated heterocycles. The summed E-state index contributed by atoms with van der Waals surface area (Å²) in [6.45, 7) is 3.11. The van der Waals surface area contributed by atoms with Gasteiger partial charge in [0.05, 0.1) is 17.4 Å². The zero-order chi connectivity index (χ0) is 14.4. The summed E-state index contributed by atoms with van der Waals surface area (Å²) in [6, 6.07) is -0.900. The Morgan fingerprint density at radius 1 is 1.58 bits per heavy atom. The minimum absolute atomic E-state index is 0.0784. The first-order chi connectivity index (χ1) is 8.93. The Hall–Kier alpha value is -2.06. The van der Waals surface area contributed by atoms with Crippen molar-refractivity contribution in [2.24, 2.45) is 11.2 Å². The van der Waals surface area contributed by atoms with Crippen LogP contribution >= 0.6 is 0 Å². The summed E-state index contributed by atoms with van der Waals surface area (Å²) in [5, 5.41) is 24.5. The highest BCUT2D eigenvalue weighted by Crippen LogP contribution is 2.17. The van der Waals surface area contributed by atoms with E-state index in [1.807, 2.05) is 0 Å². The van der Waals surface area contributed by atoms with Crippen molar-refractivity contribution in [1.29, 1.82) is 0 Å². The van der Waals surface area contributed by atoms with E-state index in [2.05, 4.69) is 14.9 Å². The lowest BCUT2D eigenvalue weighted by Crippen LogP contribution is -2.40. The van der Waals surface area contributed by atoms with Crippen molar-refractivity contribution in [3.05, 3.63) is 5.21 Å². The van der Waals surface area contributed by atoms with Crippen molar-refractivity contribution >= 4 is 11.9 Å². The van der Waals surface area contributed by atoms with Gasteiger partial charge < -0.3 is 19.9 Å². The van der Waals surface area contributed by atoms with Gasteiger partial charge in [-0.2, -0.15) is 0 Å². The van der Waals surface area contributed by atoms with Crippen LogP contribution in [-0.4, -0.2) is 46.4 Å². The van der Waals surface area contributed by atoms with Crippen molar-refractivity contribution in [1.82, 2.24) is 5.01 Å². The number of carbonyl (C=O) groups is 2. The van der Waals surface area contributed by atoms with E-state index in [0.29, 0.717) is 19.4 Å². The maximum atomic E-state index is 11.5. The number of carboxylic acid groups (broad SMARTS) is 1. The topological polar surface area (TPSA) is 114 Å². The van der Waals surface area contributed by atoms with Crippen molar-refractivity contribution < 1.29 is 29.2 Å². The van der Waals surface area contributed by atoms with Crippen molar-refractivity contribution in [2.75, 3.05) is 13.3 Å². The standard InChI is InChI=1S/C10H17N3O6/c1-7(2)10(16)18-6-19-11-13(17)12-5-3-4-8(12)9(14)15/h7-8H,3-6H2,1-2H3,(H,14,15)/b13-11-/t8-/m0/s1. The third-order valence-corrected chi connectivity index (χ3v) is 2.58. The van der Waals surface area contributed by atoms with Gasteiger partial charge in [-0.05, 0) is 12.8 Å². The molecular formula is C10H17N3O6. The summed E-state index contributed by atoms with van der Waals surface area (Å²) in [5.41, 5.74) is 0. The Balaban J connectivity index is 2.40. The number of rotatable bonds is 6. The van der Waals surface area contributed by atoms with Crippen LogP contribution in [0, 0.1) is 11.1 Å². The third-order valence-electron chi connectivity index (χ3n) is 2.58. The van der Waals surface area contributed by atoms with Gasteiger partial charge in [0.25, 0.3) is 6.79 Å². The highest BCUT2D eigenvalue weighted by molar-refractivity contribution is 5.73. The summed E-state index contributed by atoms with van der Waals surface area (Å²) < 4.78 is 4.64. The number of hydrazine groups is 1. The molecule has 0 aliphatic carbocycles. The van der Waals surface area contributed by atoms with E-state index in [0.717, 1.165) is 5.01 Å². The Morgan fingerprint density at radius 2 is 2.26 bits per heavy atom. The van der Waals surface area contributed by atoms with E-state index in [1.165, 1.54) is 0 Å². The molecule has 0 aromatic heterocycles. The number of nitrogens with zero attached hydrogens (tertiary/aromatic N) is 3. The number of carbonyl (C=O) groups excluding carboxylic acids is 1. The molecule has 1 N–H and O–H groups in total. The van der Waals surface area contributed by atoms with Crippen LogP contribution in [0.15, 0.2) is 5.28 Å². The van der Waals surface area contributed by atoms with E-state index in [1.54, 1.807) is 13.8 Å². The molecular weight excluding hydrogens is 258 g/mol. The predicted molar refractivity (Wildman–Crippen MR) is 60.3 cm³/mol. The smallest absolute Gasteiger partial charge is 0.332 e. The molecule has 1 aliphatic rings. The van der Waals surface area contributed by atoms with Crippen molar-refractivity contribution in [2.45, 2.75) is 32.7 Å². The molecule has 9 heteroatoms. The minimum Gasteiger partial charge on any atom is -0.569 e. The Bertz CT molecular complexity index is 370. The summed E-state index contributed by atoms with van der Waals surface area (Å²) in [7, 11) is 0. The molecule has 0 aromatic carbocycles. The molecule has 0 unspecified atom stereocenters. The molecule has 0 saturated carbocycles. The van der Waals surface area contributed by atoms with E-state index in [4.69, 9.17) is 5.11 Å². The molecule has 1 rings (SSSR count). The molecule has 0 radical (unpaired) electrons. The first-order valence-corrected chi connectivity index (χ1v) is 5.89. The number of carboxylic acids is 1. The first-order valence-electron chi connectivity index (χ1n) is 5.89. The number of ether oxygens (including phenoxy) is 1. The van der Waals surface area contributed by atoms with Gasteiger partial charge >= 0.3 is 11.9 Å². The van der Waals surface area contributed by atoms with Gasteiger partial charge in [-0.25, -0.2) is 4.79 Å². The molecule has 108 valence electrons. The lowest BCUT2D eigenvalue weighted by atomic mass is 10.2. The Kier molecular flexibility index (Phi) is 5.34. The fraction of sp³-hybridized carbons (Fsp3) is 0.800. The molecule has 9 nitrogen and oxygen atoms in total. The zero-order valence-electron chi connectivity index (χ0n) is 10.8. The van der Waals surface area contributed by atoms with Gasteiger partial charge in [-0.1, -0.05) is 13.8 Å². The van der Waals surface area contributed by atoms with Gasteiger partial charge in [0.15, 0.2) is 6.04 Å². The van der Waals surface area contributed by atoms with Crippen LogP contribution in [0.1, 0.15) is 26.7 Å². The van der Waals surface area contributed by atoms with E-state index >= 15 is 0 Å². The van der Waals surface area contributed by atoms with Gasteiger partial charge in [-0.15, -0.1) is 5.01 Å². The molecule has 0 bridgehead atoms. The fourth-order valence-electron chi connectivity index (χ4n) is 1.58. The SMILES string of the molecule is CC(C)C(=O)OCO/N=[N+](\[O-])N1CCC[C@H]1C(=O)O. The lowest BCUT2D eigenvalue weighted by molar-refractivity contribution is -0.712. The molecule has 0 aromatic rings. The monoisotopic (exact) mass is 275 g/mol. The van der Waals surface area contributed by atoms with Gasteiger partial charge in [0.2, 0.25) is 5.28 Å². The number of esters is 1. The van der Waals surface area contributed by atoms with Crippen molar-refractivity contribution in [3.63, 3.8) is 0 Å². The molecule has 1 fully saturated rings. The fourth-order valence-corrected chi connectivity index (χ4v) is 1.58. The van der Waals surface area contributed by atoms with Crippen LogP contribution in [-0.2, 0) is 19.2 Å². The zero-order valence-corrected chi connectivity index (χ0v) is 10.8. The maximum Gasteiger partial charge on any atom is 0.332 e. The van der Waals surface area contributed by atoms with Gasteiger partial charge in [0, 0.05) is 0 Å². The quantitative estimate of drug-likeness (QED) is 0.187. The molecule has 1 heterocycles. The van der Waals surface area contributed by atoms with E-state index in [9.17, 15) is 14.8 Å². The largest absolute Gasteiger partial charge is 0.569 e. The molecule has 0 spiro atoms. The van der Waals surface area contributed by atoms with Crippen LogP contribution in [0.3, 0.4) is 0 Å². The van der Waals surface area contributed by atoms with Gasteiger partial charge in [-0.3, -0.25) is 4.79 Å². The maximum absolute atomic E-state index is 11.5. The molecule has 19 heavy (non-hydrogen) atoms. The Labute approximate surface area is 109 Å². The number of aliphatic carboxylic acids is 1. The second-order valence-electron chi connectivity index (χ2n) is 4.36. The molecule has 0 amide bonds. The third kappa shape index (κ3) is 4.27. The highest BCUT2D eigenvalue weighted by atomic mass is 16.8. The van der Waals surface area contributed by atoms with Crippen molar-refractivity contribution in [3.8, 4) is 0 Å². The minimum atomic E-state index is -1.08. The van der Waals surface area contributed by atoms with Gasteiger partial charge in [0.1, 0.15) is 0 Å². The molecule has 1 aliphatic heterocycles.